The van der Waals surface area contributed by atoms with Crippen molar-refractivity contribution in [1.29, 1.82) is 5.26 Å². The number of halogens is 1. The molecule has 1 aromatic carbocycles. The maximum atomic E-state index is 11.2. The van der Waals surface area contributed by atoms with Gasteiger partial charge < -0.3 is 0 Å². The lowest BCUT2D eigenvalue weighted by Crippen LogP contribution is -2.13. The Kier molecular flexibility index (Phi) is 2.55. The van der Waals surface area contributed by atoms with Gasteiger partial charge in [0.2, 0.25) is 0 Å². The van der Waals surface area contributed by atoms with Gasteiger partial charge in [-0.05, 0) is 52.3 Å². The molecule has 0 unspecified atom stereocenters. The summed E-state index contributed by atoms with van der Waals surface area (Å²) in [5.74, 6) is 0.280. The van der Waals surface area contributed by atoms with E-state index < -0.39 is 0 Å². The van der Waals surface area contributed by atoms with E-state index in [0.29, 0.717) is 18.4 Å². The molecule has 1 aliphatic rings. The van der Waals surface area contributed by atoms with Gasteiger partial charge in [-0.25, -0.2) is 0 Å². The molecule has 70 valence electrons. The van der Waals surface area contributed by atoms with Crippen LogP contribution in [0.25, 0.3) is 0 Å². The third-order valence-corrected chi connectivity index (χ3v) is 3.36. The molecule has 1 aliphatic carbocycles. The van der Waals surface area contributed by atoms with Crippen LogP contribution in [0.2, 0.25) is 0 Å². The fraction of sp³-hybridized carbons (Fsp3) is 0.273. The molecule has 0 saturated heterocycles. The normalized spacial score (nSPS) is 14.7. The Balaban J connectivity index is 2.52. The summed E-state index contributed by atoms with van der Waals surface area (Å²) in [6, 6.07) is 6.03. The molecule has 0 heterocycles. The molecule has 0 amide bonds. The molecular formula is C11H8INO. The van der Waals surface area contributed by atoms with Gasteiger partial charge in [0, 0.05) is 16.4 Å². The van der Waals surface area contributed by atoms with E-state index in [9.17, 15) is 4.79 Å². The van der Waals surface area contributed by atoms with Crippen molar-refractivity contribution in [3.05, 3.63) is 32.4 Å². The van der Waals surface area contributed by atoms with Crippen LogP contribution >= 0.6 is 22.6 Å². The summed E-state index contributed by atoms with van der Waals surface area (Å²) in [5.41, 5.74) is 2.95. The van der Waals surface area contributed by atoms with E-state index in [1.54, 1.807) is 0 Å². The summed E-state index contributed by atoms with van der Waals surface area (Å²) in [7, 11) is 0. The van der Waals surface area contributed by atoms with Crippen molar-refractivity contribution in [2.24, 2.45) is 0 Å². The van der Waals surface area contributed by atoms with Crippen LogP contribution in [0.15, 0.2) is 12.1 Å². The number of ketones is 1. The van der Waals surface area contributed by atoms with Crippen molar-refractivity contribution < 1.29 is 4.79 Å². The molecule has 0 aliphatic heterocycles. The van der Waals surface area contributed by atoms with E-state index in [-0.39, 0.29) is 5.78 Å². The fourth-order valence-corrected chi connectivity index (χ4v) is 2.37. The van der Waals surface area contributed by atoms with Crippen molar-refractivity contribution in [2.75, 3.05) is 0 Å². The van der Waals surface area contributed by atoms with Crippen molar-refractivity contribution in [3.8, 4) is 6.07 Å². The number of Topliss-reactive ketones (excluding diaryl/α,β-unsaturated/α-hetero) is 1. The minimum absolute atomic E-state index is 0.280. The maximum Gasteiger partial charge on any atom is 0.137 e. The van der Waals surface area contributed by atoms with E-state index in [1.807, 2.05) is 12.1 Å². The summed E-state index contributed by atoms with van der Waals surface area (Å²) < 4.78 is 0.984. The molecule has 0 bridgehead atoms. The third-order valence-electron chi connectivity index (χ3n) is 2.47. The van der Waals surface area contributed by atoms with Crippen LogP contribution in [-0.2, 0) is 17.6 Å². The van der Waals surface area contributed by atoms with Crippen molar-refractivity contribution in [1.82, 2.24) is 0 Å². The van der Waals surface area contributed by atoms with Crippen molar-refractivity contribution in [2.45, 2.75) is 19.3 Å². The van der Waals surface area contributed by atoms with Gasteiger partial charge >= 0.3 is 0 Å². The molecule has 0 saturated carbocycles. The summed E-state index contributed by atoms with van der Waals surface area (Å²) >= 11 is 2.16. The van der Waals surface area contributed by atoms with Crippen LogP contribution in [-0.4, -0.2) is 5.78 Å². The van der Waals surface area contributed by atoms with Crippen LogP contribution in [0.4, 0.5) is 0 Å². The van der Waals surface area contributed by atoms with Gasteiger partial charge in [-0.15, -0.1) is 0 Å². The Labute approximate surface area is 96.1 Å². The molecular weight excluding hydrogens is 289 g/mol. The summed E-state index contributed by atoms with van der Waals surface area (Å²) in [6.45, 7) is 0. The third kappa shape index (κ3) is 1.67. The Morgan fingerprint density at radius 3 is 2.79 bits per heavy atom. The molecule has 0 radical (unpaired) electrons. The zero-order chi connectivity index (χ0) is 10.1. The number of carbonyl (C=O) groups excluding carboxylic acids is 1. The van der Waals surface area contributed by atoms with Gasteiger partial charge in [0.1, 0.15) is 11.9 Å². The van der Waals surface area contributed by atoms with Gasteiger partial charge in [0.05, 0.1) is 5.56 Å². The van der Waals surface area contributed by atoms with E-state index >= 15 is 0 Å². The number of nitriles is 1. The first kappa shape index (κ1) is 9.66. The SMILES string of the molecule is N#Cc1cc2c(cc1I)CCC(=O)C2. The second-order valence-corrected chi connectivity index (χ2v) is 4.59. The monoisotopic (exact) mass is 297 g/mol. The van der Waals surface area contributed by atoms with Crippen LogP contribution in [0.1, 0.15) is 23.1 Å². The zero-order valence-electron chi connectivity index (χ0n) is 7.51. The maximum absolute atomic E-state index is 11.2. The van der Waals surface area contributed by atoms with Gasteiger partial charge in [-0.2, -0.15) is 5.26 Å². The van der Waals surface area contributed by atoms with E-state index in [1.165, 1.54) is 5.56 Å². The second-order valence-electron chi connectivity index (χ2n) is 3.43. The summed E-state index contributed by atoms with van der Waals surface area (Å²) in [5, 5.41) is 8.85. The highest BCUT2D eigenvalue weighted by Gasteiger charge is 2.17. The quantitative estimate of drug-likeness (QED) is 0.689. The number of fused-ring (bicyclic) bond motifs is 1. The lowest BCUT2D eigenvalue weighted by molar-refractivity contribution is -0.118. The second kappa shape index (κ2) is 3.70. The highest BCUT2D eigenvalue weighted by Crippen LogP contribution is 2.24. The predicted molar refractivity (Wildman–Crippen MR) is 60.9 cm³/mol. The van der Waals surface area contributed by atoms with Crippen LogP contribution < -0.4 is 0 Å². The Bertz CT molecular complexity index is 445. The molecule has 0 atom stereocenters. The van der Waals surface area contributed by atoms with Crippen LogP contribution in [0, 0.1) is 14.9 Å². The molecule has 1 aromatic rings. The van der Waals surface area contributed by atoms with E-state index in [0.717, 1.165) is 15.6 Å². The average Bonchev–Trinajstić information content (AvgIpc) is 2.17. The Hall–Kier alpha value is -0.890. The van der Waals surface area contributed by atoms with Gasteiger partial charge in [0.25, 0.3) is 0 Å². The topological polar surface area (TPSA) is 40.9 Å². The first-order chi connectivity index (χ1) is 6.70. The molecule has 0 fully saturated rings. The number of nitrogens with zero attached hydrogens (tertiary/aromatic N) is 1. The van der Waals surface area contributed by atoms with Gasteiger partial charge in [-0.3, -0.25) is 4.79 Å². The first-order valence-corrected chi connectivity index (χ1v) is 5.51. The largest absolute Gasteiger partial charge is 0.299 e. The lowest BCUT2D eigenvalue weighted by Gasteiger charge is -2.15. The van der Waals surface area contributed by atoms with Crippen LogP contribution in [0.3, 0.4) is 0 Å². The molecule has 2 rings (SSSR count). The molecule has 0 N–H and O–H groups in total. The predicted octanol–water partition coefficient (Wildman–Crippen LogP) is 2.22. The average molecular weight is 297 g/mol. The molecule has 14 heavy (non-hydrogen) atoms. The first-order valence-electron chi connectivity index (χ1n) is 4.44. The smallest absolute Gasteiger partial charge is 0.137 e. The van der Waals surface area contributed by atoms with Gasteiger partial charge in [-0.1, -0.05) is 0 Å². The molecule has 3 heteroatoms. The van der Waals surface area contributed by atoms with E-state index in [2.05, 4.69) is 28.7 Å². The van der Waals surface area contributed by atoms with Crippen LogP contribution in [0.5, 0.6) is 0 Å². The molecule has 0 spiro atoms. The highest BCUT2D eigenvalue weighted by molar-refractivity contribution is 14.1. The molecule has 2 nitrogen and oxygen atoms in total. The lowest BCUT2D eigenvalue weighted by atomic mass is 9.90. The number of benzene rings is 1. The van der Waals surface area contributed by atoms with Crippen molar-refractivity contribution >= 4 is 28.4 Å². The standard InChI is InChI=1S/C11H8INO/c12-11-5-7-1-2-10(14)4-8(7)3-9(11)6-13/h3,5H,1-2,4H2. The van der Waals surface area contributed by atoms with Gasteiger partial charge in [0.15, 0.2) is 0 Å². The Morgan fingerprint density at radius 1 is 1.29 bits per heavy atom. The highest BCUT2D eigenvalue weighted by atomic mass is 127. The molecule has 0 aromatic heterocycles. The van der Waals surface area contributed by atoms with Crippen molar-refractivity contribution in [3.63, 3.8) is 0 Å². The minimum Gasteiger partial charge on any atom is -0.299 e. The number of aryl methyl sites for hydroxylation is 1. The number of carbonyl (C=O) groups is 1. The minimum atomic E-state index is 0.280. The zero-order valence-corrected chi connectivity index (χ0v) is 9.67. The Morgan fingerprint density at radius 2 is 2.07 bits per heavy atom. The summed E-state index contributed by atoms with van der Waals surface area (Å²) in [6.07, 6.45) is 1.98. The number of rotatable bonds is 0. The summed E-state index contributed by atoms with van der Waals surface area (Å²) in [4.78, 5) is 11.2. The fourth-order valence-electron chi connectivity index (χ4n) is 1.72. The van der Waals surface area contributed by atoms with E-state index in [4.69, 9.17) is 5.26 Å². The number of hydrogen-bond donors (Lipinski definition) is 0. The number of hydrogen-bond acceptors (Lipinski definition) is 2.